The molecule has 0 spiro atoms. The Morgan fingerprint density at radius 3 is 2.89 bits per heavy atom. The SMILES string of the molecule is CNC[N+]1(CCc2cccc(F)c2)C=CNN=N1.Cl. The second kappa shape index (κ2) is 7.18. The van der Waals surface area contributed by atoms with Crippen molar-refractivity contribution in [2.24, 2.45) is 10.4 Å². The lowest BCUT2D eigenvalue weighted by atomic mass is 10.1. The summed E-state index contributed by atoms with van der Waals surface area (Å²) in [4.78, 5) is 0. The van der Waals surface area contributed by atoms with Crippen molar-refractivity contribution >= 4 is 12.4 Å². The highest BCUT2D eigenvalue weighted by Gasteiger charge is 2.26. The largest absolute Gasteiger partial charge is 0.271 e. The van der Waals surface area contributed by atoms with Crippen LogP contribution in [-0.4, -0.2) is 24.9 Å². The molecule has 0 amide bonds. The van der Waals surface area contributed by atoms with Gasteiger partial charge in [0.05, 0.1) is 11.4 Å². The molecule has 5 nitrogen and oxygen atoms in total. The Balaban J connectivity index is 0.00000180. The summed E-state index contributed by atoms with van der Waals surface area (Å²) >= 11 is 0. The maximum absolute atomic E-state index is 13.1. The molecule has 104 valence electrons. The fraction of sp³-hybridized carbons (Fsp3) is 0.333. The summed E-state index contributed by atoms with van der Waals surface area (Å²) in [5, 5.41) is 11.1. The average molecular weight is 287 g/mol. The minimum Gasteiger partial charge on any atom is -0.271 e. The van der Waals surface area contributed by atoms with E-state index in [0.717, 1.165) is 18.5 Å². The van der Waals surface area contributed by atoms with E-state index in [1.807, 2.05) is 19.3 Å². The Morgan fingerprint density at radius 2 is 2.26 bits per heavy atom. The van der Waals surface area contributed by atoms with Gasteiger partial charge in [-0.1, -0.05) is 12.1 Å². The van der Waals surface area contributed by atoms with Gasteiger partial charge in [0.2, 0.25) is 0 Å². The van der Waals surface area contributed by atoms with Crippen LogP contribution in [0, 0.1) is 5.82 Å². The molecule has 2 N–H and O–H groups in total. The van der Waals surface area contributed by atoms with Crippen LogP contribution in [0.4, 0.5) is 4.39 Å². The Labute approximate surface area is 118 Å². The predicted octanol–water partition coefficient (Wildman–Crippen LogP) is 2.14. The lowest BCUT2D eigenvalue weighted by molar-refractivity contribution is -0.895. The maximum Gasteiger partial charge on any atom is 0.163 e. The van der Waals surface area contributed by atoms with E-state index in [-0.39, 0.29) is 18.2 Å². The van der Waals surface area contributed by atoms with E-state index in [1.54, 1.807) is 18.3 Å². The molecule has 1 unspecified atom stereocenters. The molecule has 0 saturated carbocycles. The van der Waals surface area contributed by atoms with Crippen molar-refractivity contribution in [1.29, 1.82) is 0 Å². The van der Waals surface area contributed by atoms with Gasteiger partial charge >= 0.3 is 0 Å². The number of nitrogens with one attached hydrogen (secondary N) is 2. The smallest absolute Gasteiger partial charge is 0.163 e. The highest BCUT2D eigenvalue weighted by atomic mass is 35.5. The van der Waals surface area contributed by atoms with E-state index in [4.69, 9.17) is 0 Å². The topological polar surface area (TPSA) is 48.8 Å². The van der Waals surface area contributed by atoms with Crippen LogP contribution >= 0.6 is 12.4 Å². The van der Waals surface area contributed by atoms with E-state index in [0.29, 0.717) is 11.3 Å². The Bertz CT molecular complexity index is 451. The molecule has 19 heavy (non-hydrogen) atoms. The van der Waals surface area contributed by atoms with Crippen molar-refractivity contribution in [2.45, 2.75) is 6.42 Å². The summed E-state index contributed by atoms with van der Waals surface area (Å²) in [5.74, 6) is -0.204. The zero-order valence-electron chi connectivity index (χ0n) is 10.7. The molecule has 0 bridgehead atoms. The van der Waals surface area contributed by atoms with Crippen LogP contribution in [0.25, 0.3) is 0 Å². The van der Waals surface area contributed by atoms with Gasteiger partial charge in [-0.15, -0.1) is 17.0 Å². The molecule has 0 saturated heterocycles. The van der Waals surface area contributed by atoms with Gasteiger partial charge < -0.3 is 0 Å². The first-order chi connectivity index (χ1) is 8.74. The van der Waals surface area contributed by atoms with Gasteiger partial charge in [-0.2, -0.15) is 0 Å². The summed E-state index contributed by atoms with van der Waals surface area (Å²) < 4.78 is 13.5. The van der Waals surface area contributed by atoms with Gasteiger partial charge in [0.15, 0.2) is 6.67 Å². The molecule has 7 heteroatoms. The Hall–Kier alpha value is -1.50. The number of hydrogen-bond acceptors (Lipinski definition) is 4. The third-order valence-corrected chi connectivity index (χ3v) is 2.82. The average Bonchev–Trinajstić information content (AvgIpc) is 2.38. The number of quaternary nitrogens is 1. The standard InChI is InChI=1S/C12H17FN5.ClH/c1-14-10-18(8-6-15-16-17-18)7-5-11-3-2-4-12(13)9-11;/h2-4,6,8-9,14H,5,7,10H2,1H3,(H,15,17);1H/q+1;. The summed E-state index contributed by atoms with van der Waals surface area (Å²) in [7, 11) is 1.87. The van der Waals surface area contributed by atoms with Crippen LogP contribution in [0.1, 0.15) is 5.56 Å². The molecular weight excluding hydrogens is 269 g/mol. The van der Waals surface area contributed by atoms with Crippen LogP contribution in [-0.2, 0) is 6.42 Å². The number of halogens is 2. The normalized spacial score (nSPS) is 20.7. The van der Waals surface area contributed by atoms with E-state index in [2.05, 4.69) is 21.2 Å². The number of benzene rings is 1. The number of nitrogens with zero attached hydrogens (tertiary/aromatic N) is 3. The first kappa shape index (κ1) is 15.6. The molecule has 0 aliphatic carbocycles. The molecule has 0 radical (unpaired) electrons. The van der Waals surface area contributed by atoms with Gasteiger partial charge in [0.1, 0.15) is 18.6 Å². The summed E-state index contributed by atoms with van der Waals surface area (Å²) in [6, 6.07) is 6.65. The minimum atomic E-state index is -0.204. The predicted molar refractivity (Wildman–Crippen MR) is 73.5 cm³/mol. The highest BCUT2D eigenvalue weighted by molar-refractivity contribution is 5.85. The molecule has 1 aliphatic heterocycles. The molecule has 0 aromatic heterocycles. The molecule has 2 rings (SSSR count). The molecule has 1 atom stereocenters. The van der Waals surface area contributed by atoms with Gasteiger partial charge in [-0.3, -0.25) is 10.7 Å². The molecule has 1 aromatic carbocycles. The van der Waals surface area contributed by atoms with Gasteiger partial charge in [0.25, 0.3) is 0 Å². The maximum atomic E-state index is 13.1. The first-order valence-corrected chi connectivity index (χ1v) is 5.85. The van der Waals surface area contributed by atoms with Crippen molar-refractivity contribution in [3.63, 3.8) is 0 Å². The first-order valence-electron chi connectivity index (χ1n) is 5.85. The third-order valence-electron chi connectivity index (χ3n) is 2.82. The minimum absolute atomic E-state index is 0. The monoisotopic (exact) mass is 286 g/mol. The van der Waals surface area contributed by atoms with Gasteiger partial charge in [0, 0.05) is 6.42 Å². The lowest BCUT2D eigenvalue weighted by Gasteiger charge is -2.27. The van der Waals surface area contributed by atoms with Crippen molar-refractivity contribution < 1.29 is 8.98 Å². The second-order valence-electron chi connectivity index (χ2n) is 4.24. The highest BCUT2D eigenvalue weighted by Crippen LogP contribution is 2.14. The summed E-state index contributed by atoms with van der Waals surface area (Å²) in [6.07, 6.45) is 4.43. The van der Waals surface area contributed by atoms with E-state index in [1.165, 1.54) is 6.07 Å². The van der Waals surface area contributed by atoms with Crippen molar-refractivity contribution in [1.82, 2.24) is 10.7 Å². The zero-order valence-corrected chi connectivity index (χ0v) is 11.5. The van der Waals surface area contributed by atoms with Crippen LogP contribution in [0.2, 0.25) is 0 Å². The Morgan fingerprint density at radius 1 is 1.42 bits per heavy atom. The molecule has 0 fully saturated rings. The molecular formula is C12H18ClFN5+. The van der Waals surface area contributed by atoms with Crippen molar-refractivity contribution in [2.75, 3.05) is 20.3 Å². The fourth-order valence-electron chi connectivity index (χ4n) is 1.92. The quantitative estimate of drug-likeness (QED) is 0.815. The lowest BCUT2D eigenvalue weighted by Crippen LogP contribution is -2.46. The van der Waals surface area contributed by atoms with E-state index >= 15 is 0 Å². The molecule has 1 aliphatic rings. The van der Waals surface area contributed by atoms with Crippen LogP contribution in [0.3, 0.4) is 0 Å². The van der Waals surface area contributed by atoms with Gasteiger partial charge in [-0.25, -0.2) is 4.39 Å². The summed E-state index contributed by atoms with van der Waals surface area (Å²) in [5.41, 5.74) is 3.64. The second-order valence-corrected chi connectivity index (χ2v) is 4.24. The van der Waals surface area contributed by atoms with Crippen LogP contribution < -0.4 is 10.7 Å². The Kier molecular flexibility index (Phi) is 5.88. The fourth-order valence-corrected chi connectivity index (χ4v) is 1.92. The van der Waals surface area contributed by atoms with Crippen molar-refractivity contribution in [3.05, 3.63) is 48.0 Å². The van der Waals surface area contributed by atoms with Crippen LogP contribution in [0.15, 0.2) is 47.1 Å². The number of hydrogen-bond donors (Lipinski definition) is 2. The third kappa shape index (κ3) is 4.27. The van der Waals surface area contributed by atoms with Crippen LogP contribution in [0.5, 0.6) is 0 Å². The van der Waals surface area contributed by atoms with Crippen molar-refractivity contribution in [3.8, 4) is 0 Å². The molecule has 1 aromatic rings. The molecule has 1 heterocycles. The van der Waals surface area contributed by atoms with E-state index < -0.39 is 0 Å². The van der Waals surface area contributed by atoms with E-state index in [9.17, 15) is 4.39 Å². The summed E-state index contributed by atoms with van der Waals surface area (Å²) in [6.45, 7) is 1.38. The zero-order chi connectivity index (χ0) is 12.8. The number of rotatable bonds is 5. The van der Waals surface area contributed by atoms with Gasteiger partial charge in [-0.05, 0) is 30.0 Å².